The predicted molar refractivity (Wildman–Crippen MR) is 70.2 cm³/mol. The molecular formula is C13H12N4O3. The van der Waals surface area contributed by atoms with E-state index in [4.69, 9.17) is 9.84 Å². The molecule has 0 radical (unpaired) electrons. The maximum absolute atomic E-state index is 10.8. The van der Waals surface area contributed by atoms with Crippen molar-refractivity contribution in [3.8, 4) is 5.88 Å². The van der Waals surface area contributed by atoms with Crippen LogP contribution in [0.4, 0.5) is 16.2 Å². The van der Waals surface area contributed by atoms with Crippen LogP contribution in [0.15, 0.2) is 30.9 Å². The number of hydrogen-bond acceptors (Lipinski definition) is 6. The van der Waals surface area contributed by atoms with Crippen molar-refractivity contribution in [2.24, 2.45) is 0 Å². The molecule has 2 aromatic rings. The first-order chi connectivity index (χ1) is 9.72. The molecule has 1 fully saturated rings. The van der Waals surface area contributed by atoms with Crippen LogP contribution >= 0.6 is 0 Å². The van der Waals surface area contributed by atoms with Crippen molar-refractivity contribution in [2.45, 2.75) is 18.8 Å². The molecule has 2 heterocycles. The summed E-state index contributed by atoms with van der Waals surface area (Å²) < 4.78 is 4.74. The molecule has 0 spiro atoms. The molecule has 3 rings (SSSR count). The van der Waals surface area contributed by atoms with Crippen LogP contribution in [0.25, 0.3) is 0 Å². The van der Waals surface area contributed by atoms with Gasteiger partial charge in [-0.05, 0) is 25.0 Å². The Balaban J connectivity index is 1.89. The number of nitrogens with one attached hydrogen (secondary N) is 1. The van der Waals surface area contributed by atoms with Crippen LogP contribution in [0.1, 0.15) is 24.5 Å². The van der Waals surface area contributed by atoms with E-state index in [1.165, 1.54) is 6.33 Å². The van der Waals surface area contributed by atoms with E-state index in [0.717, 1.165) is 18.5 Å². The van der Waals surface area contributed by atoms with Gasteiger partial charge in [-0.1, -0.05) is 0 Å². The van der Waals surface area contributed by atoms with Gasteiger partial charge in [-0.15, -0.1) is 0 Å². The van der Waals surface area contributed by atoms with Crippen molar-refractivity contribution < 1.29 is 14.6 Å². The van der Waals surface area contributed by atoms with Gasteiger partial charge in [0.15, 0.2) is 0 Å². The van der Waals surface area contributed by atoms with Crippen LogP contribution in [0.5, 0.6) is 5.88 Å². The monoisotopic (exact) mass is 272 g/mol. The van der Waals surface area contributed by atoms with E-state index in [2.05, 4.69) is 20.3 Å². The molecule has 0 atom stereocenters. The molecule has 102 valence electrons. The molecule has 7 heteroatoms. The minimum Gasteiger partial charge on any atom is -0.449 e. The molecule has 2 N–H and O–H groups in total. The van der Waals surface area contributed by atoms with Crippen molar-refractivity contribution in [3.05, 3.63) is 36.5 Å². The fourth-order valence-corrected chi connectivity index (χ4v) is 1.84. The Bertz CT molecular complexity index is 629. The molecule has 1 saturated carbocycles. The largest absolute Gasteiger partial charge is 0.512 e. The highest BCUT2D eigenvalue weighted by Crippen LogP contribution is 2.40. The van der Waals surface area contributed by atoms with Crippen LogP contribution in [-0.4, -0.2) is 26.2 Å². The predicted octanol–water partition coefficient (Wildman–Crippen LogP) is 2.55. The van der Waals surface area contributed by atoms with Gasteiger partial charge in [0.25, 0.3) is 0 Å². The summed E-state index contributed by atoms with van der Waals surface area (Å²) in [5, 5.41) is 11.8. The Kier molecular flexibility index (Phi) is 3.16. The first-order valence-electron chi connectivity index (χ1n) is 6.16. The molecule has 1 aliphatic carbocycles. The normalized spacial score (nSPS) is 13.8. The third-order valence-corrected chi connectivity index (χ3v) is 2.90. The lowest BCUT2D eigenvalue weighted by Gasteiger charge is -2.10. The summed E-state index contributed by atoms with van der Waals surface area (Å²) in [6, 6.07) is 3.63. The highest BCUT2D eigenvalue weighted by Gasteiger charge is 2.26. The first kappa shape index (κ1) is 12.3. The topological polar surface area (TPSA) is 97.2 Å². The van der Waals surface area contributed by atoms with Crippen LogP contribution < -0.4 is 10.1 Å². The number of hydrogen-bond donors (Lipinski definition) is 2. The summed E-state index contributed by atoms with van der Waals surface area (Å²) in [7, 11) is 0. The van der Waals surface area contributed by atoms with Gasteiger partial charge in [0.05, 0.1) is 18.1 Å². The molecule has 20 heavy (non-hydrogen) atoms. The number of anilines is 2. The van der Waals surface area contributed by atoms with E-state index in [9.17, 15) is 4.79 Å². The van der Waals surface area contributed by atoms with Crippen LogP contribution in [-0.2, 0) is 0 Å². The summed E-state index contributed by atoms with van der Waals surface area (Å²) >= 11 is 0. The zero-order valence-electron chi connectivity index (χ0n) is 10.5. The third-order valence-electron chi connectivity index (χ3n) is 2.90. The molecule has 1 aliphatic rings. The molecule has 0 saturated heterocycles. The van der Waals surface area contributed by atoms with Gasteiger partial charge in [0.1, 0.15) is 12.0 Å². The number of pyridine rings is 1. The van der Waals surface area contributed by atoms with E-state index in [0.29, 0.717) is 17.3 Å². The van der Waals surface area contributed by atoms with Gasteiger partial charge in [0, 0.05) is 11.6 Å². The van der Waals surface area contributed by atoms with Gasteiger partial charge < -0.3 is 15.2 Å². The number of aromatic nitrogens is 3. The number of rotatable bonds is 4. The quantitative estimate of drug-likeness (QED) is 0.825. The molecule has 0 amide bonds. The van der Waals surface area contributed by atoms with E-state index in [1.807, 2.05) is 6.07 Å². The Morgan fingerprint density at radius 1 is 1.30 bits per heavy atom. The lowest BCUT2D eigenvalue weighted by Crippen LogP contribution is -2.08. The summed E-state index contributed by atoms with van der Waals surface area (Å²) in [6.07, 6.45) is 5.34. The lowest BCUT2D eigenvalue weighted by atomic mass is 10.2. The maximum Gasteiger partial charge on any atom is 0.512 e. The zero-order chi connectivity index (χ0) is 13.9. The molecule has 0 unspecified atom stereocenters. The number of nitrogens with zero attached hydrogens (tertiary/aromatic N) is 3. The van der Waals surface area contributed by atoms with Crippen molar-refractivity contribution in [2.75, 3.05) is 5.32 Å². The number of carbonyl (C=O) groups is 1. The SMILES string of the molecule is O=C(O)Oc1nc(C2CC2)ccc1Nc1cncnc1. The van der Waals surface area contributed by atoms with E-state index < -0.39 is 6.16 Å². The summed E-state index contributed by atoms with van der Waals surface area (Å²) in [4.78, 5) is 22.8. The molecular weight excluding hydrogens is 260 g/mol. The van der Waals surface area contributed by atoms with Crippen molar-refractivity contribution in [3.63, 3.8) is 0 Å². The molecule has 0 aromatic carbocycles. The van der Waals surface area contributed by atoms with Crippen LogP contribution in [0, 0.1) is 0 Å². The van der Waals surface area contributed by atoms with Gasteiger partial charge >= 0.3 is 6.16 Å². The number of ether oxygens (including phenoxy) is 1. The Morgan fingerprint density at radius 3 is 2.70 bits per heavy atom. The Hall–Kier alpha value is -2.70. The number of carboxylic acid groups (broad SMARTS) is 1. The Morgan fingerprint density at radius 2 is 2.05 bits per heavy atom. The zero-order valence-corrected chi connectivity index (χ0v) is 10.5. The second-order valence-corrected chi connectivity index (χ2v) is 4.48. The standard InChI is InChI=1S/C13H12N4O3/c18-13(19)20-12-11(16-9-5-14-7-15-6-9)4-3-10(17-12)8-1-2-8/h3-8,16H,1-2H2,(H,18,19). The average molecular weight is 272 g/mol. The maximum atomic E-state index is 10.8. The molecule has 0 bridgehead atoms. The third kappa shape index (κ3) is 2.82. The smallest absolute Gasteiger partial charge is 0.449 e. The van der Waals surface area contributed by atoms with Gasteiger partial charge in [-0.3, -0.25) is 0 Å². The first-order valence-corrected chi connectivity index (χ1v) is 6.16. The van der Waals surface area contributed by atoms with E-state index >= 15 is 0 Å². The molecule has 0 aliphatic heterocycles. The van der Waals surface area contributed by atoms with Gasteiger partial charge in [-0.25, -0.2) is 19.7 Å². The summed E-state index contributed by atoms with van der Waals surface area (Å²) in [5.74, 6) is 0.464. The van der Waals surface area contributed by atoms with Gasteiger partial charge in [0.2, 0.25) is 5.88 Å². The van der Waals surface area contributed by atoms with E-state index in [-0.39, 0.29) is 5.88 Å². The van der Waals surface area contributed by atoms with Gasteiger partial charge in [-0.2, -0.15) is 0 Å². The molecule has 7 nitrogen and oxygen atoms in total. The van der Waals surface area contributed by atoms with Crippen molar-refractivity contribution in [1.29, 1.82) is 0 Å². The minimum atomic E-state index is -1.39. The Labute approximate surface area is 114 Å². The highest BCUT2D eigenvalue weighted by molar-refractivity contribution is 5.69. The summed E-state index contributed by atoms with van der Waals surface area (Å²) in [5.41, 5.74) is 1.95. The van der Waals surface area contributed by atoms with Crippen LogP contribution in [0.3, 0.4) is 0 Å². The molecule has 2 aromatic heterocycles. The fourth-order valence-electron chi connectivity index (χ4n) is 1.84. The van der Waals surface area contributed by atoms with Crippen molar-refractivity contribution in [1.82, 2.24) is 15.0 Å². The minimum absolute atomic E-state index is 0.0470. The summed E-state index contributed by atoms with van der Waals surface area (Å²) in [6.45, 7) is 0. The lowest BCUT2D eigenvalue weighted by molar-refractivity contribution is 0.143. The average Bonchev–Trinajstić information content (AvgIpc) is 3.26. The van der Waals surface area contributed by atoms with E-state index in [1.54, 1.807) is 18.5 Å². The second-order valence-electron chi connectivity index (χ2n) is 4.48. The fraction of sp³-hybridized carbons (Fsp3) is 0.231. The van der Waals surface area contributed by atoms with Crippen molar-refractivity contribution >= 4 is 17.5 Å². The second kappa shape index (κ2) is 5.12. The highest BCUT2D eigenvalue weighted by atomic mass is 16.7. The van der Waals surface area contributed by atoms with Crippen LogP contribution in [0.2, 0.25) is 0 Å².